The SMILES string of the molecule is Cc1nnc(NC(=O)CS(=O)CCCO)s1. The number of carbonyl (C=O) groups is 1. The number of nitrogens with one attached hydrogen (secondary N) is 1. The molecule has 1 aromatic heterocycles. The third-order valence-corrected chi connectivity index (χ3v) is 3.68. The number of carbonyl (C=O) groups excluding carboxylic acids is 1. The molecule has 1 aromatic rings. The molecular formula is C8H13N3O3S2. The molecule has 0 fully saturated rings. The van der Waals surface area contributed by atoms with E-state index in [1.165, 1.54) is 11.3 Å². The Morgan fingerprint density at radius 2 is 2.31 bits per heavy atom. The van der Waals surface area contributed by atoms with E-state index in [0.29, 0.717) is 17.3 Å². The fourth-order valence-electron chi connectivity index (χ4n) is 0.946. The van der Waals surface area contributed by atoms with Gasteiger partial charge in [-0.15, -0.1) is 10.2 Å². The Morgan fingerprint density at radius 3 is 2.88 bits per heavy atom. The van der Waals surface area contributed by atoms with Gasteiger partial charge >= 0.3 is 0 Å². The molecule has 0 aliphatic carbocycles. The van der Waals surface area contributed by atoms with Gasteiger partial charge in [-0.1, -0.05) is 11.3 Å². The summed E-state index contributed by atoms with van der Waals surface area (Å²) in [6, 6.07) is 0. The highest BCUT2D eigenvalue weighted by atomic mass is 32.2. The first kappa shape index (κ1) is 13.2. The van der Waals surface area contributed by atoms with E-state index in [1.54, 1.807) is 6.92 Å². The fourth-order valence-corrected chi connectivity index (χ4v) is 2.51. The van der Waals surface area contributed by atoms with Gasteiger partial charge in [-0.3, -0.25) is 14.3 Å². The standard InChI is InChI=1S/C8H13N3O3S2/c1-6-10-11-8(15-6)9-7(13)5-16(14)4-2-3-12/h12H,2-5H2,1H3,(H,9,11,13). The van der Waals surface area contributed by atoms with E-state index >= 15 is 0 Å². The molecular weight excluding hydrogens is 250 g/mol. The number of nitrogens with zero attached hydrogens (tertiary/aromatic N) is 2. The van der Waals surface area contributed by atoms with Gasteiger partial charge in [0.1, 0.15) is 10.8 Å². The van der Waals surface area contributed by atoms with Crippen molar-refractivity contribution >= 4 is 33.2 Å². The molecule has 0 aliphatic rings. The van der Waals surface area contributed by atoms with Gasteiger partial charge in [-0.05, 0) is 13.3 Å². The summed E-state index contributed by atoms with van der Waals surface area (Å²) in [6.07, 6.45) is 0.442. The molecule has 0 aliphatic heterocycles. The van der Waals surface area contributed by atoms with Gasteiger partial charge in [-0.25, -0.2) is 0 Å². The average Bonchev–Trinajstić information content (AvgIpc) is 2.60. The quantitative estimate of drug-likeness (QED) is 0.748. The summed E-state index contributed by atoms with van der Waals surface area (Å²) >= 11 is 1.27. The van der Waals surface area contributed by atoms with Crippen LogP contribution in [0.15, 0.2) is 0 Å². The minimum Gasteiger partial charge on any atom is -0.396 e. The summed E-state index contributed by atoms with van der Waals surface area (Å²) in [5, 5.41) is 19.7. The molecule has 6 nitrogen and oxygen atoms in total. The van der Waals surface area contributed by atoms with Crippen LogP contribution in [0.2, 0.25) is 0 Å². The lowest BCUT2D eigenvalue weighted by Crippen LogP contribution is -2.21. The van der Waals surface area contributed by atoms with E-state index in [9.17, 15) is 9.00 Å². The third-order valence-electron chi connectivity index (χ3n) is 1.59. The molecule has 0 bridgehead atoms. The van der Waals surface area contributed by atoms with Crippen LogP contribution in [-0.4, -0.2) is 43.5 Å². The second-order valence-corrected chi connectivity index (χ2v) is 5.80. The summed E-state index contributed by atoms with van der Waals surface area (Å²) in [6.45, 7) is 1.77. The first-order chi connectivity index (χ1) is 7.61. The van der Waals surface area contributed by atoms with Gasteiger partial charge in [0.2, 0.25) is 11.0 Å². The Balaban J connectivity index is 2.33. The highest BCUT2D eigenvalue weighted by molar-refractivity contribution is 7.85. The zero-order valence-electron chi connectivity index (χ0n) is 8.80. The van der Waals surface area contributed by atoms with Crippen LogP contribution >= 0.6 is 11.3 Å². The van der Waals surface area contributed by atoms with Gasteiger partial charge in [0.25, 0.3) is 0 Å². The predicted molar refractivity (Wildman–Crippen MR) is 62.9 cm³/mol. The summed E-state index contributed by atoms with van der Waals surface area (Å²) in [5.41, 5.74) is 0. The average molecular weight is 263 g/mol. The Hall–Kier alpha value is -0.860. The molecule has 8 heteroatoms. The maximum atomic E-state index is 11.4. The maximum Gasteiger partial charge on any atom is 0.238 e. The summed E-state index contributed by atoms with van der Waals surface area (Å²) in [7, 11) is -1.23. The van der Waals surface area contributed by atoms with E-state index in [4.69, 9.17) is 5.11 Å². The van der Waals surface area contributed by atoms with E-state index in [0.717, 1.165) is 5.01 Å². The Kier molecular flexibility index (Phi) is 5.50. The first-order valence-corrected chi connectivity index (χ1v) is 6.98. The number of aryl methyl sites for hydroxylation is 1. The minimum atomic E-state index is -1.23. The zero-order valence-corrected chi connectivity index (χ0v) is 10.4. The van der Waals surface area contributed by atoms with Crippen molar-refractivity contribution in [2.75, 3.05) is 23.4 Å². The Morgan fingerprint density at radius 1 is 1.56 bits per heavy atom. The van der Waals surface area contributed by atoms with Crippen molar-refractivity contribution in [3.8, 4) is 0 Å². The number of hydrogen-bond donors (Lipinski definition) is 2. The second-order valence-electron chi connectivity index (χ2n) is 3.04. The van der Waals surface area contributed by atoms with Gasteiger partial charge in [0.15, 0.2) is 0 Å². The zero-order chi connectivity index (χ0) is 12.0. The van der Waals surface area contributed by atoms with Gasteiger partial charge < -0.3 is 5.11 Å². The molecule has 16 heavy (non-hydrogen) atoms. The van der Waals surface area contributed by atoms with Crippen LogP contribution in [0.1, 0.15) is 11.4 Å². The highest BCUT2D eigenvalue weighted by Gasteiger charge is 2.10. The van der Waals surface area contributed by atoms with Crippen LogP contribution in [0.5, 0.6) is 0 Å². The van der Waals surface area contributed by atoms with Gasteiger partial charge in [-0.2, -0.15) is 0 Å². The van der Waals surface area contributed by atoms with Crippen LogP contribution in [0.4, 0.5) is 5.13 Å². The summed E-state index contributed by atoms with van der Waals surface area (Å²) < 4.78 is 11.3. The number of aromatic nitrogens is 2. The number of anilines is 1. The van der Waals surface area contributed by atoms with Gasteiger partial charge in [0.05, 0.1) is 0 Å². The molecule has 1 unspecified atom stereocenters. The molecule has 0 saturated carbocycles. The van der Waals surface area contributed by atoms with Crippen molar-refractivity contribution in [1.29, 1.82) is 0 Å². The van der Waals surface area contributed by atoms with E-state index in [-0.39, 0.29) is 18.3 Å². The molecule has 1 atom stereocenters. The van der Waals surface area contributed by atoms with Crippen molar-refractivity contribution in [3.05, 3.63) is 5.01 Å². The van der Waals surface area contributed by atoms with Gasteiger partial charge in [0, 0.05) is 23.2 Å². The predicted octanol–water partition coefficient (Wildman–Crippen LogP) is -0.0839. The van der Waals surface area contributed by atoms with Crippen molar-refractivity contribution in [2.45, 2.75) is 13.3 Å². The van der Waals surface area contributed by atoms with E-state index in [2.05, 4.69) is 15.5 Å². The van der Waals surface area contributed by atoms with Crippen LogP contribution in [0.25, 0.3) is 0 Å². The number of amides is 1. The number of aliphatic hydroxyl groups excluding tert-OH is 1. The lowest BCUT2D eigenvalue weighted by molar-refractivity contribution is -0.113. The Labute approximate surface area is 99.5 Å². The normalized spacial score (nSPS) is 12.4. The molecule has 1 amide bonds. The smallest absolute Gasteiger partial charge is 0.238 e. The van der Waals surface area contributed by atoms with Crippen molar-refractivity contribution < 1.29 is 14.1 Å². The molecule has 0 saturated heterocycles. The third kappa shape index (κ3) is 4.77. The lowest BCUT2D eigenvalue weighted by atomic mass is 10.5. The monoisotopic (exact) mass is 263 g/mol. The van der Waals surface area contributed by atoms with Crippen LogP contribution in [0.3, 0.4) is 0 Å². The molecule has 0 aromatic carbocycles. The van der Waals surface area contributed by atoms with Crippen LogP contribution < -0.4 is 5.32 Å². The highest BCUT2D eigenvalue weighted by Crippen LogP contribution is 2.13. The number of rotatable bonds is 6. The fraction of sp³-hybridized carbons (Fsp3) is 0.625. The number of aliphatic hydroxyl groups is 1. The second kappa shape index (κ2) is 6.66. The largest absolute Gasteiger partial charge is 0.396 e. The lowest BCUT2D eigenvalue weighted by Gasteiger charge is -2.00. The summed E-state index contributed by atoms with van der Waals surface area (Å²) in [5.74, 6) is -0.0787. The topological polar surface area (TPSA) is 92.2 Å². The van der Waals surface area contributed by atoms with Crippen LogP contribution in [0, 0.1) is 6.92 Å². The van der Waals surface area contributed by atoms with Crippen molar-refractivity contribution in [1.82, 2.24) is 10.2 Å². The molecule has 0 spiro atoms. The van der Waals surface area contributed by atoms with E-state index in [1.807, 2.05) is 0 Å². The maximum absolute atomic E-state index is 11.4. The van der Waals surface area contributed by atoms with E-state index < -0.39 is 10.8 Å². The molecule has 1 heterocycles. The Bertz CT molecular complexity index is 380. The number of hydrogen-bond acceptors (Lipinski definition) is 6. The van der Waals surface area contributed by atoms with Crippen molar-refractivity contribution in [3.63, 3.8) is 0 Å². The molecule has 90 valence electrons. The minimum absolute atomic E-state index is 0.0110. The van der Waals surface area contributed by atoms with Crippen LogP contribution in [-0.2, 0) is 15.6 Å². The molecule has 1 rings (SSSR count). The van der Waals surface area contributed by atoms with Crippen molar-refractivity contribution in [2.24, 2.45) is 0 Å². The summed E-state index contributed by atoms with van der Waals surface area (Å²) in [4.78, 5) is 11.4. The first-order valence-electron chi connectivity index (χ1n) is 4.67. The molecule has 2 N–H and O–H groups in total. The molecule has 0 radical (unpaired) electrons.